The summed E-state index contributed by atoms with van der Waals surface area (Å²) < 4.78 is 24.2. The first-order valence-corrected chi connectivity index (χ1v) is 6.10. The summed E-state index contributed by atoms with van der Waals surface area (Å²) >= 11 is 0. The minimum atomic E-state index is -3.27. The van der Waals surface area contributed by atoms with Crippen molar-refractivity contribution in [3.8, 4) is 0 Å². The molecule has 0 aliphatic carbocycles. The van der Waals surface area contributed by atoms with Crippen LogP contribution in [0.3, 0.4) is 0 Å². The van der Waals surface area contributed by atoms with Crippen molar-refractivity contribution in [3.05, 3.63) is 30.1 Å². The second kappa shape index (κ2) is 4.69. The van der Waals surface area contributed by atoms with Gasteiger partial charge in [0.1, 0.15) is 0 Å². The zero-order valence-electron chi connectivity index (χ0n) is 8.79. The Morgan fingerprint density at radius 3 is 2.67 bits per heavy atom. The second-order valence-corrected chi connectivity index (χ2v) is 5.68. The van der Waals surface area contributed by atoms with Gasteiger partial charge >= 0.3 is 0 Å². The fourth-order valence-corrected chi connectivity index (χ4v) is 2.01. The molecule has 0 saturated carbocycles. The van der Waals surface area contributed by atoms with Crippen LogP contribution >= 0.6 is 0 Å². The molecule has 84 valence electrons. The van der Waals surface area contributed by atoms with Gasteiger partial charge in [-0.2, -0.15) is 0 Å². The van der Waals surface area contributed by atoms with E-state index in [9.17, 15) is 8.42 Å². The molecule has 0 aliphatic rings. The third-order valence-electron chi connectivity index (χ3n) is 2.06. The van der Waals surface area contributed by atoms with Gasteiger partial charge in [0.05, 0.1) is 5.75 Å². The molecule has 1 aromatic heterocycles. The van der Waals surface area contributed by atoms with Crippen LogP contribution in [-0.2, 0) is 10.0 Å². The number of nitrogens with two attached hydrogens (primary N) is 1. The lowest BCUT2D eigenvalue weighted by molar-refractivity contribution is 0.514. The van der Waals surface area contributed by atoms with E-state index in [4.69, 9.17) is 5.73 Å². The van der Waals surface area contributed by atoms with Gasteiger partial charge in [-0.3, -0.25) is 4.98 Å². The monoisotopic (exact) mass is 229 g/mol. The van der Waals surface area contributed by atoms with Gasteiger partial charge in [0.15, 0.2) is 0 Å². The van der Waals surface area contributed by atoms with Crippen LogP contribution in [0.1, 0.15) is 11.6 Å². The normalized spacial score (nSPS) is 14.1. The number of aromatic nitrogens is 1. The van der Waals surface area contributed by atoms with E-state index >= 15 is 0 Å². The molecule has 0 fully saturated rings. The van der Waals surface area contributed by atoms with Crippen molar-refractivity contribution >= 4 is 10.0 Å². The van der Waals surface area contributed by atoms with Crippen LogP contribution < -0.4 is 5.73 Å². The summed E-state index contributed by atoms with van der Waals surface area (Å²) in [5.74, 6) is -0.105. The molecule has 0 saturated heterocycles. The van der Waals surface area contributed by atoms with Crippen LogP contribution in [0, 0.1) is 0 Å². The number of hydrogen-bond donors (Lipinski definition) is 1. The van der Waals surface area contributed by atoms with Gasteiger partial charge in [-0.15, -0.1) is 0 Å². The summed E-state index contributed by atoms with van der Waals surface area (Å²) in [4.78, 5) is 3.89. The van der Waals surface area contributed by atoms with Gasteiger partial charge < -0.3 is 5.73 Å². The Hall–Kier alpha value is -0.980. The smallest absolute Gasteiger partial charge is 0.215 e. The summed E-state index contributed by atoms with van der Waals surface area (Å²) in [6.45, 7) is 0. The van der Waals surface area contributed by atoms with E-state index < -0.39 is 16.1 Å². The topological polar surface area (TPSA) is 76.3 Å². The SMILES string of the molecule is CN(C)S(=O)(=O)CC(N)c1cccnc1. The summed E-state index contributed by atoms with van der Waals surface area (Å²) in [5.41, 5.74) is 6.50. The number of hydrogen-bond acceptors (Lipinski definition) is 4. The van der Waals surface area contributed by atoms with Gasteiger partial charge in [0.2, 0.25) is 10.0 Å². The first-order chi connectivity index (χ1) is 6.93. The first-order valence-electron chi connectivity index (χ1n) is 4.49. The maximum absolute atomic E-state index is 11.5. The molecule has 6 heteroatoms. The van der Waals surface area contributed by atoms with E-state index in [1.807, 2.05) is 0 Å². The highest BCUT2D eigenvalue weighted by molar-refractivity contribution is 7.89. The zero-order valence-corrected chi connectivity index (χ0v) is 9.61. The minimum absolute atomic E-state index is 0.105. The van der Waals surface area contributed by atoms with E-state index in [0.29, 0.717) is 0 Å². The largest absolute Gasteiger partial charge is 0.323 e. The van der Waals surface area contributed by atoms with Crippen molar-refractivity contribution in [3.63, 3.8) is 0 Å². The molecule has 5 nitrogen and oxygen atoms in total. The van der Waals surface area contributed by atoms with Crippen molar-refractivity contribution in [1.82, 2.24) is 9.29 Å². The fraction of sp³-hybridized carbons (Fsp3) is 0.444. The molecule has 1 unspecified atom stereocenters. The van der Waals surface area contributed by atoms with Crippen molar-refractivity contribution in [1.29, 1.82) is 0 Å². The Labute approximate surface area is 90.0 Å². The molecule has 1 rings (SSSR count). The van der Waals surface area contributed by atoms with Crippen LogP contribution in [0.4, 0.5) is 0 Å². The van der Waals surface area contributed by atoms with Crippen LogP contribution in [0.15, 0.2) is 24.5 Å². The maximum atomic E-state index is 11.5. The Balaban J connectivity index is 2.77. The molecule has 0 amide bonds. The Morgan fingerprint density at radius 2 is 2.20 bits per heavy atom. The van der Waals surface area contributed by atoms with E-state index in [-0.39, 0.29) is 5.75 Å². The number of nitrogens with zero attached hydrogens (tertiary/aromatic N) is 2. The molecule has 0 aliphatic heterocycles. The average molecular weight is 229 g/mol. The standard InChI is InChI=1S/C9H15N3O2S/c1-12(2)15(13,14)7-9(10)8-4-3-5-11-6-8/h3-6,9H,7,10H2,1-2H3. The Bertz CT molecular complexity index is 403. The second-order valence-electron chi connectivity index (χ2n) is 3.45. The van der Waals surface area contributed by atoms with Crippen LogP contribution in [0.2, 0.25) is 0 Å². The highest BCUT2D eigenvalue weighted by atomic mass is 32.2. The first kappa shape index (κ1) is 12.1. The lowest BCUT2D eigenvalue weighted by atomic mass is 10.2. The van der Waals surface area contributed by atoms with E-state index in [2.05, 4.69) is 4.98 Å². The molecule has 0 aromatic carbocycles. The van der Waals surface area contributed by atoms with Crippen LogP contribution in [0.25, 0.3) is 0 Å². The minimum Gasteiger partial charge on any atom is -0.323 e. The quantitative estimate of drug-likeness (QED) is 0.786. The lowest BCUT2D eigenvalue weighted by Gasteiger charge is -2.15. The van der Waals surface area contributed by atoms with Crippen molar-refractivity contribution in [2.24, 2.45) is 5.73 Å². The molecule has 1 atom stereocenters. The van der Waals surface area contributed by atoms with Gasteiger partial charge in [0, 0.05) is 32.5 Å². The summed E-state index contributed by atoms with van der Waals surface area (Å²) in [6, 6.07) is 2.96. The molecule has 15 heavy (non-hydrogen) atoms. The molecular weight excluding hydrogens is 214 g/mol. The predicted molar refractivity (Wildman–Crippen MR) is 58.6 cm³/mol. The zero-order chi connectivity index (χ0) is 11.5. The average Bonchev–Trinajstić information content (AvgIpc) is 2.18. The van der Waals surface area contributed by atoms with E-state index in [1.54, 1.807) is 24.5 Å². The molecular formula is C9H15N3O2S. The van der Waals surface area contributed by atoms with Crippen molar-refractivity contribution < 1.29 is 8.42 Å². The number of sulfonamides is 1. The fourth-order valence-electron chi connectivity index (χ4n) is 1.07. The predicted octanol–water partition coefficient (Wildman–Crippen LogP) is -0.0272. The third kappa shape index (κ3) is 3.26. The highest BCUT2D eigenvalue weighted by Crippen LogP contribution is 2.11. The molecule has 0 radical (unpaired) electrons. The molecule has 1 heterocycles. The Kier molecular flexibility index (Phi) is 3.78. The number of pyridine rings is 1. The van der Waals surface area contributed by atoms with Crippen LogP contribution in [0.5, 0.6) is 0 Å². The summed E-state index contributed by atoms with van der Waals surface area (Å²) in [5, 5.41) is 0. The van der Waals surface area contributed by atoms with Gasteiger partial charge in [0.25, 0.3) is 0 Å². The van der Waals surface area contributed by atoms with Crippen molar-refractivity contribution in [2.45, 2.75) is 6.04 Å². The van der Waals surface area contributed by atoms with Crippen molar-refractivity contribution in [2.75, 3.05) is 19.8 Å². The maximum Gasteiger partial charge on any atom is 0.215 e. The lowest BCUT2D eigenvalue weighted by Crippen LogP contribution is -2.31. The molecule has 1 aromatic rings. The summed E-state index contributed by atoms with van der Waals surface area (Å²) in [6.07, 6.45) is 3.20. The number of rotatable bonds is 4. The van der Waals surface area contributed by atoms with Gasteiger partial charge in [-0.05, 0) is 11.6 Å². The Morgan fingerprint density at radius 1 is 1.53 bits per heavy atom. The third-order valence-corrected chi connectivity index (χ3v) is 3.95. The van der Waals surface area contributed by atoms with Crippen LogP contribution in [-0.4, -0.2) is 37.6 Å². The van der Waals surface area contributed by atoms with Gasteiger partial charge in [-0.25, -0.2) is 12.7 Å². The highest BCUT2D eigenvalue weighted by Gasteiger charge is 2.19. The van der Waals surface area contributed by atoms with Gasteiger partial charge in [-0.1, -0.05) is 6.07 Å². The summed E-state index contributed by atoms with van der Waals surface area (Å²) in [7, 11) is -0.282. The van der Waals surface area contributed by atoms with E-state index in [1.165, 1.54) is 18.4 Å². The molecule has 0 bridgehead atoms. The van der Waals surface area contributed by atoms with E-state index in [0.717, 1.165) is 5.56 Å². The molecule has 0 spiro atoms. The molecule has 2 N–H and O–H groups in total.